The van der Waals surface area contributed by atoms with Crippen molar-refractivity contribution in [2.45, 2.75) is 11.8 Å². The van der Waals surface area contributed by atoms with Gasteiger partial charge in [-0.25, -0.2) is 4.31 Å². The molecule has 1 amide bonds. The second kappa shape index (κ2) is 5.67. The Morgan fingerprint density at radius 1 is 1.05 bits per heavy atom. The van der Waals surface area contributed by atoms with E-state index in [-0.39, 0.29) is 17.4 Å². The maximum absolute atomic E-state index is 11.7. The van der Waals surface area contributed by atoms with E-state index >= 15 is 0 Å². The lowest BCUT2D eigenvalue weighted by molar-refractivity contribution is -0.115. The number of phenols is 2. The fraction of sp³-hybridized carbons (Fsp3) is 0.0714. The van der Waals surface area contributed by atoms with Crippen molar-refractivity contribution in [2.24, 2.45) is 0 Å². The molecule has 0 heterocycles. The van der Waals surface area contributed by atoms with Crippen LogP contribution in [0.1, 0.15) is 6.92 Å². The van der Waals surface area contributed by atoms with Gasteiger partial charge in [-0.2, -0.15) is 0 Å². The lowest BCUT2D eigenvalue weighted by Gasteiger charge is -2.19. The number of hydrogen-bond donors (Lipinski definition) is 2. The van der Waals surface area contributed by atoms with Gasteiger partial charge in [0.15, 0.2) is 0 Å². The summed E-state index contributed by atoms with van der Waals surface area (Å²) in [7, 11) is 0. The van der Waals surface area contributed by atoms with Gasteiger partial charge < -0.3 is 10.2 Å². The zero-order valence-corrected chi connectivity index (χ0v) is 11.1. The third kappa shape index (κ3) is 3.42. The van der Waals surface area contributed by atoms with Gasteiger partial charge in [-0.1, -0.05) is 6.07 Å². The average molecular weight is 275 g/mol. The summed E-state index contributed by atoms with van der Waals surface area (Å²) in [6.45, 7) is 1.46. The minimum Gasteiger partial charge on any atom is -0.508 e. The predicted molar refractivity (Wildman–Crippen MR) is 75.2 cm³/mol. The van der Waals surface area contributed by atoms with Crippen LogP contribution in [0, 0.1) is 0 Å². The molecule has 2 rings (SSSR count). The highest BCUT2D eigenvalue weighted by Gasteiger charge is 2.13. The zero-order valence-electron chi connectivity index (χ0n) is 10.3. The van der Waals surface area contributed by atoms with E-state index in [0.717, 1.165) is 4.90 Å². The van der Waals surface area contributed by atoms with E-state index in [1.165, 1.54) is 35.3 Å². The molecule has 4 nitrogen and oxygen atoms in total. The number of anilines is 1. The van der Waals surface area contributed by atoms with Gasteiger partial charge in [-0.15, -0.1) is 0 Å². The van der Waals surface area contributed by atoms with Crippen LogP contribution in [0.2, 0.25) is 0 Å². The van der Waals surface area contributed by atoms with Gasteiger partial charge in [-0.3, -0.25) is 4.79 Å². The van der Waals surface area contributed by atoms with Crippen molar-refractivity contribution in [3.63, 3.8) is 0 Å². The lowest BCUT2D eigenvalue weighted by Crippen LogP contribution is -2.19. The Labute approximate surface area is 115 Å². The van der Waals surface area contributed by atoms with E-state index in [9.17, 15) is 15.0 Å². The number of hydrogen-bond acceptors (Lipinski definition) is 4. The first-order chi connectivity index (χ1) is 9.06. The number of carbonyl (C=O) groups excluding carboxylic acids is 1. The van der Waals surface area contributed by atoms with Gasteiger partial charge in [-0.05, 0) is 54.4 Å². The Morgan fingerprint density at radius 3 is 2.32 bits per heavy atom. The molecule has 0 atom stereocenters. The van der Waals surface area contributed by atoms with E-state index in [2.05, 4.69) is 0 Å². The first-order valence-corrected chi connectivity index (χ1v) is 6.40. The average Bonchev–Trinajstić information content (AvgIpc) is 2.37. The largest absolute Gasteiger partial charge is 0.508 e. The fourth-order valence-electron chi connectivity index (χ4n) is 1.53. The minimum absolute atomic E-state index is 0.140. The molecule has 0 aliphatic rings. The first kappa shape index (κ1) is 13.3. The summed E-state index contributed by atoms with van der Waals surface area (Å²) in [5.74, 6) is 0.160. The summed E-state index contributed by atoms with van der Waals surface area (Å²) >= 11 is 1.21. The highest BCUT2D eigenvalue weighted by molar-refractivity contribution is 8.01. The molecule has 98 valence electrons. The van der Waals surface area contributed by atoms with Gasteiger partial charge in [0.1, 0.15) is 11.5 Å². The van der Waals surface area contributed by atoms with Crippen LogP contribution in [0.25, 0.3) is 0 Å². The van der Waals surface area contributed by atoms with Crippen molar-refractivity contribution < 1.29 is 15.0 Å². The van der Waals surface area contributed by atoms with Crippen LogP contribution >= 0.6 is 11.9 Å². The summed E-state index contributed by atoms with van der Waals surface area (Å²) < 4.78 is 1.49. The summed E-state index contributed by atoms with van der Waals surface area (Å²) in [5, 5.41) is 18.7. The number of rotatable bonds is 3. The molecule has 0 fully saturated rings. The van der Waals surface area contributed by atoms with Gasteiger partial charge in [0, 0.05) is 11.8 Å². The molecule has 0 aliphatic carbocycles. The van der Waals surface area contributed by atoms with Gasteiger partial charge in [0.25, 0.3) is 0 Å². The minimum atomic E-state index is -0.140. The number of nitrogens with zero attached hydrogens (tertiary/aromatic N) is 1. The number of benzene rings is 2. The molecule has 0 saturated heterocycles. The molecule has 19 heavy (non-hydrogen) atoms. The van der Waals surface area contributed by atoms with Crippen LogP contribution in [0.3, 0.4) is 0 Å². The van der Waals surface area contributed by atoms with Crippen LogP contribution in [-0.2, 0) is 4.79 Å². The highest BCUT2D eigenvalue weighted by Crippen LogP contribution is 2.31. The smallest absolute Gasteiger partial charge is 0.234 e. The Hall–Kier alpha value is -2.14. The molecular weight excluding hydrogens is 262 g/mol. The van der Waals surface area contributed by atoms with Crippen molar-refractivity contribution in [1.82, 2.24) is 0 Å². The molecule has 0 aromatic heterocycles. The number of amides is 1. The van der Waals surface area contributed by atoms with Gasteiger partial charge >= 0.3 is 0 Å². The molecule has 2 aromatic carbocycles. The van der Waals surface area contributed by atoms with E-state index < -0.39 is 0 Å². The van der Waals surface area contributed by atoms with Gasteiger partial charge in [0.05, 0.1) is 5.69 Å². The second-order valence-electron chi connectivity index (χ2n) is 3.92. The first-order valence-electron chi connectivity index (χ1n) is 5.63. The highest BCUT2D eigenvalue weighted by atomic mass is 32.2. The SMILES string of the molecule is CC(=O)N(Sc1cccc(O)c1)c1ccc(O)cc1. The third-order valence-corrected chi connectivity index (χ3v) is 3.50. The molecule has 0 radical (unpaired) electrons. The van der Waals surface area contributed by atoms with Crippen molar-refractivity contribution >= 4 is 23.5 Å². The zero-order chi connectivity index (χ0) is 13.8. The van der Waals surface area contributed by atoms with E-state index in [1.54, 1.807) is 36.4 Å². The number of aromatic hydroxyl groups is 2. The van der Waals surface area contributed by atoms with Crippen LogP contribution in [0.15, 0.2) is 53.4 Å². The van der Waals surface area contributed by atoms with Crippen LogP contribution < -0.4 is 4.31 Å². The maximum Gasteiger partial charge on any atom is 0.234 e. The predicted octanol–water partition coefficient (Wildman–Crippen LogP) is 3.16. The summed E-state index contributed by atoms with van der Waals surface area (Å²) in [6.07, 6.45) is 0. The van der Waals surface area contributed by atoms with Crippen molar-refractivity contribution in [2.75, 3.05) is 4.31 Å². The summed E-state index contributed by atoms with van der Waals surface area (Å²) in [5.41, 5.74) is 0.665. The van der Waals surface area contributed by atoms with E-state index in [4.69, 9.17) is 0 Å². The quantitative estimate of drug-likeness (QED) is 0.845. The normalized spacial score (nSPS) is 10.2. The molecule has 2 N–H and O–H groups in total. The van der Waals surface area contributed by atoms with Crippen molar-refractivity contribution in [3.05, 3.63) is 48.5 Å². The monoisotopic (exact) mass is 275 g/mol. The Morgan fingerprint density at radius 2 is 1.74 bits per heavy atom. The van der Waals surface area contributed by atoms with E-state index in [1.807, 2.05) is 0 Å². The molecule has 0 unspecified atom stereocenters. The van der Waals surface area contributed by atoms with Crippen molar-refractivity contribution in [1.29, 1.82) is 0 Å². The molecular formula is C14H13NO3S. The standard InChI is InChI=1S/C14H13NO3S/c1-10(16)15(11-5-7-12(17)8-6-11)19-14-4-2-3-13(18)9-14/h2-9,17-18H,1H3. The number of carbonyl (C=O) groups is 1. The maximum atomic E-state index is 11.7. The fourth-order valence-corrected chi connectivity index (χ4v) is 2.41. The molecule has 2 aromatic rings. The Bertz CT molecular complexity index is 583. The topological polar surface area (TPSA) is 60.8 Å². The molecule has 0 saturated carbocycles. The summed E-state index contributed by atoms with van der Waals surface area (Å²) in [4.78, 5) is 12.5. The van der Waals surface area contributed by atoms with E-state index in [0.29, 0.717) is 5.69 Å². The number of phenolic OH excluding ortho intramolecular Hbond substituents is 2. The Balaban J connectivity index is 2.26. The molecule has 5 heteroatoms. The van der Waals surface area contributed by atoms with Crippen molar-refractivity contribution in [3.8, 4) is 11.5 Å². The van der Waals surface area contributed by atoms with Gasteiger partial charge in [0.2, 0.25) is 5.91 Å². The second-order valence-corrected chi connectivity index (χ2v) is 4.94. The lowest BCUT2D eigenvalue weighted by atomic mass is 10.3. The van der Waals surface area contributed by atoms with Crippen LogP contribution in [0.5, 0.6) is 11.5 Å². The molecule has 0 spiro atoms. The van der Waals surface area contributed by atoms with Crippen LogP contribution in [-0.4, -0.2) is 16.1 Å². The summed E-state index contributed by atoms with van der Waals surface area (Å²) in [6, 6.07) is 13.0. The Kier molecular flexibility index (Phi) is 3.97. The van der Waals surface area contributed by atoms with Crippen LogP contribution in [0.4, 0.5) is 5.69 Å². The third-order valence-electron chi connectivity index (χ3n) is 2.38. The molecule has 0 bridgehead atoms. The molecule has 0 aliphatic heterocycles.